The summed E-state index contributed by atoms with van der Waals surface area (Å²) < 4.78 is 7.45. The van der Waals surface area contributed by atoms with Gasteiger partial charge in [-0.1, -0.05) is 32.0 Å². The molecule has 0 unspecified atom stereocenters. The summed E-state index contributed by atoms with van der Waals surface area (Å²) in [5.74, 6) is 1.57. The first kappa shape index (κ1) is 19.4. The van der Waals surface area contributed by atoms with Crippen molar-refractivity contribution in [1.29, 1.82) is 0 Å². The molecule has 4 rings (SSSR count). The number of hydrogen-bond acceptors (Lipinski definition) is 6. The second-order valence-electron chi connectivity index (χ2n) is 7.64. The molecule has 0 atom stereocenters. The molecule has 0 bridgehead atoms. The molecule has 4 N–H and O–H groups in total. The zero-order valence-corrected chi connectivity index (χ0v) is 16.8. The first-order valence-corrected chi connectivity index (χ1v) is 9.93. The Labute approximate surface area is 169 Å². The van der Waals surface area contributed by atoms with Crippen LogP contribution in [0.4, 0.5) is 10.6 Å². The van der Waals surface area contributed by atoms with Gasteiger partial charge in [0.25, 0.3) is 0 Å². The number of rotatable bonds is 5. The average Bonchev–Trinajstić information content (AvgIpc) is 3.06. The maximum atomic E-state index is 12.3. The molecule has 1 aliphatic heterocycles. The van der Waals surface area contributed by atoms with Gasteiger partial charge in [-0.25, -0.2) is 19.8 Å². The lowest BCUT2D eigenvalue weighted by molar-refractivity contribution is 0.0195. The van der Waals surface area contributed by atoms with Gasteiger partial charge < -0.3 is 20.4 Å². The number of carbonyl (C=O) groups excluding carboxylic acids is 1. The Balaban J connectivity index is 1.63. The van der Waals surface area contributed by atoms with Crippen molar-refractivity contribution in [1.82, 2.24) is 30.3 Å². The van der Waals surface area contributed by atoms with Gasteiger partial charge in [-0.15, -0.1) is 0 Å². The number of amides is 2. The van der Waals surface area contributed by atoms with E-state index in [4.69, 9.17) is 15.5 Å². The van der Waals surface area contributed by atoms with Crippen LogP contribution in [0, 0.1) is 5.92 Å². The smallest absolute Gasteiger partial charge is 0.329 e. The standard InChI is InChI=1S/C20H27N7O2/c1-13(2)12-27-16(11-22-20(28)25-26-7-9-29-10-8-26)24-17-18(27)14-5-3-4-6-15(14)23-19(17)21/h3-6,13H,7-12H2,1-2H3,(H2,21,23)(H2,22,25,28). The predicted octanol–water partition coefficient (Wildman–Crippen LogP) is 1.87. The number of hydrazine groups is 1. The predicted molar refractivity (Wildman–Crippen MR) is 112 cm³/mol. The van der Waals surface area contributed by atoms with Crippen molar-refractivity contribution in [2.24, 2.45) is 5.92 Å². The largest absolute Gasteiger partial charge is 0.382 e. The van der Waals surface area contributed by atoms with E-state index in [0.717, 1.165) is 28.8 Å². The average molecular weight is 397 g/mol. The number of imidazole rings is 1. The second-order valence-corrected chi connectivity index (χ2v) is 7.64. The Morgan fingerprint density at radius 1 is 1.24 bits per heavy atom. The number of anilines is 1. The van der Waals surface area contributed by atoms with Gasteiger partial charge in [0.15, 0.2) is 5.82 Å². The molecule has 0 spiro atoms. The lowest BCUT2D eigenvalue weighted by Gasteiger charge is -2.26. The molecule has 29 heavy (non-hydrogen) atoms. The topological polar surface area (TPSA) is 110 Å². The Morgan fingerprint density at radius 2 is 2.00 bits per heavy atom. The van der Waals surface area contributed by atoms with Crippen molar-refractivity contribution >= 4 is 33.8 Å². The summed E-state index contributed by atoms with van der Waals surface area (Å²) in [5.41, 5.74) is 11.5. The van der Waals surface area contributed by atoms with Crippen molar-refractivity contribution in [2.75, 3.05) is 32.0 Å². The van der Waals surface area contributed by atoms with Crippen molar-refractivity contribution in [3.63, 3.8) is 0 Å². The summed E-state index contributed by atoms with van der Waals surface area (Å²) in [7, 11) is 0. The summed E-state index contributed by atoms with van der Waals surface area (Å²) in [6.07, 6.45) is 0. The molecule has 9 heteroatoms. The van der Waals surface area contributed by atoms with Crippen LogP contribution < -0.4 is 16.5 Å². The minimum Gasteiger partial charge on any atom is -0.382 e. The minimum atomic E-state index is -0.258. The summed E-state index contributed by atoms with van der Waals surface area (Å²) >= 11 is 0. The molecule has 2 aromatic heterocycles. The molecule has 1 aliphatic rings. The van der Waals surface area contributed by atoms with Crippen LogP contribution in [-0.2, 0) is 17.8 Å². The highest BCUT2D eigenvalue weighted by atomic mass is 16.5. The third-order valence-corrected chi connectivity index (χ3v) is 4.91. The van der Waals surface area contributed by atoms with E-state index in [2.05, 4.69) is 34.1 Å². The second kappa shape index (κ2) is 8.22. The van der Waals surface area contributed by atoms with Gasteiger partial charge in [-0.3, -0.25) is 5.43 Å². The first-order valence-electron chi connectivity index (χ1n) is 9.93. The van der Waals surface area contributed by atoms with Crippen LogP contribution in [0.2, 0.25) is 0 Å². The number of nitrogens with two attached hydrogens (primary N) is 1. The van der Waals surface area contributed by atoms with E-state index in [9.17, 15) is 4.79 Å². The number of ether oxygens (including phenoxy) is 1. The summed E-state index contributed by atoms with van der Waals surface area (Å²) in [5, 5.41) is 5.77. The van der Waals surface area contributed by atoms with E-state index in [0.29, 0.717) is 50.1 Å². The fraction of sp³-hybridized carbons (Fsp3) is 0.450. The van der Waals surface area contributed by atoms with Crippen LogP contribution in [0.1, 0.15) is 19.7 Å². The molecule has 1 fully saturated rings. The summed E-state index contributed by atoms with van der Waals surface area (Å²) in [6, 6.07) is 7.66. The van der Waals surface area contributed by atoms with Gasteiger partial charge >= 0.3 is 6.03 Å². The molecule has 1 aromatic carbocycles. The summed E-state index contributed by atoms with van der Waals surface area (Å²) in [4.78, 5) is 21.6. The number of carbonyl (C=O) groups is 1. The molecule has 3 aromatic rings. The van der Waals surface area contributed by atoms with E-state index in [1.165, 1.54) is 0 Å². The Morgan fingerprint density at radius 3 is 2.76 bits per heavy atom. The molecular formula is C20H27N7O2. The van der Waals surface area contributed by atoms with E-state index < -0.39 is 0 Å². The Hall–Kier alpha value is -2.91. The monoisotopic (exact) mass is 397 g/mol. The number of nitrogens with one attached hydrogen (secondary N) is 2. The number of nitrogen functional groups attached to an aromatic ring is 1. The van der Waals surface area contributed by atoms with E-state index >= 15 is 0 Å². The van der Waals surface area contributed by atoms with Gasteiger partial charge in [0.1, 0.15) is 11.3 Å². The van der Waals surface area contributed by atoms with Crippen molar-refractivity contribution in [3.05, 3.63) is 30.1 Å². The zero-order valence-electron chi connectivity index (χ0n) is 16.8. The third kappa shape index (κ3) is 4.10. The molecular weight excluding hydrogens is 370 g/mol. The number of morpholine rings is 1. The molecule has 1 saturated heterocycles. The molecule has 0 aliphatic carbocycles. The lowest BCUT2D eigenvalue weighted by Crippen LogP contribution is -2.51. The molecule has 0 radical (unpaired) electrons. The maximum absolute atomic E-state index is 12.3. The van der Waals surface area contributed by atoms with Gasteiger partial charge in [-0.05, 0) is 12.0 Å². The van der Waals surface area contributed by atoms with Crippen LogP contribution in [0.25, 0.3) is 21.9 Å². The van der Waals surface area contributed by atoms with Crippen molar-refractivity contribution in [3.8, 4) is 0 Å². The number of nitrogens with zero attached hydrogens (tertiary/aromatic N) is 4. The number of para-hydroxylation sites is 1. The molecule has 154 valence electrons. The van der Waals surface area contributed by atoms with E-state index in [1.54, 1.807) is 0 Å². The third-order valence-electron chi connectivity index (χ3n) is 4.91. The molecule has 2 amide bonds. The van der Waals surface area contributed by atoms with Crippen LogP contribution in [-0.4, -0.2) is 51.9 Å². The number of hydrogen-bond donors (Lipinski definition) is 3. The Kier molecular flexibility index (Phi) is 5.50. The number of benzene rings is 1. The molecule has 3 heterocycles. The molecule has 9 nitrogen and oxygen atoms in total. The number of aromatic nitrogens is 3. The lowest BCUT2D eigenvalue weighted by atomic mass is 10.1. The molecule has 0 saturated carbocycles. The highest BCUT2D eigenvalue weighted by Gasteiger charge is 2.19. The normalized spacial score (nSPS) is 15.3. The van der Waals surface area contributed by atoms with Crippen molar-refractivity contribution < 1.29 is 9.53 Å². The Bertz CT molecular complexity index is 1020. The number of fused-ring (bicyclic) bond motifs is 3. The summed E-state index contributed by atoms with van der Waals surface area (Å²) in [6.45, 7) is 7.95. The number of pyridine rings is 1. The van der Waals surface area contributed by atoms with Gasteiger partial charge in [0.2, 0.25) is 0 Å². The SMILES string of the molecule is CC(C)Cn1c(CNC(=O)NN2CCOCC2)nc2c(N)nc3ccccc3c21. The maximum Gasteiger partial charge on any atom is 0.329 e. The quantitative estimate of drug-likeness (QED) is 0.606. The van der Waals surface area contributed by atoms with Gasteiger partial charge in [0.05, 0.1) is 30.8 Å². The van der Waals surface area contributed by atoms with Crippen LogP contribution in [0.3, 0.4) is 0 Å². The van der Waals surface area contributed by atoms with Crippen LogP contribution in [0.5, 0.6) is 0 Å². The van der Waals surface area contributed by atoms with E-state index in [1.807, 2.05) is 29.3 Å². The van der Waals surface area contributed by atoms with Crippen LogP contribution in [0.15, 0.2) is 24.3 Å². The zero-order chi connectivity index (χ0) is 20.4. The minimum absolute atomic E-state index is 0.258. The fourth-order valence-electron chi connectivity index (χ4n) is 3.62. The van der Waals surface area contributed by atoms with E-state index in [-0.39, 0.29) is 6.03 Å². The fourth-order valence-corrected chi connectivity index (χ4v) is 3.62. The van der Waals surface area contributed by atoms with Crippen molar-refractivity contribution in [2.45, 2.75) is 26.9 Å². The highest BCUT2D eigenvalue weighted by molar-refractivity contribution is 6.06. The first-order chi connectivity index (χ1) is 14.0. The van der Waals surface area contributed by atoms with Crippen LogP contribution >= 0.6 is 0 Å². The number of urea groups is 1. The van der Waals surface area contributed by atoms with Gasteiger partial charge in [0, 0.05) is 25.0 Å². The highest BCUT2D eigenvalue weighted by Crippen LogP contribution is 2.29. The van der Waals surface area contributed by atoms with Gasteiger partial charge in [-0.2, -0.15) is 0 Å².